The van der Waals surface area contributed by atoms with Gasteiger partial charge in [-0.2, -0.15) is 0 Å². The summed E-state index contributed by atoms with van der Waals surface area (Å²) in [4.78, 5) is 26.6. The fourth-order valence-electron chi connectivity index (χ4n) is 2.34. The molecule has 1 aliphatic rings. The van der Waals surface area contributed by atoms with Crippen molar-refractivity contribution in [1.82, 2.24) is 10.2 Å². The maximum atomic E-state index is 13.2. The molecule has 1 aliphatic heterocycles. The SMILES string of the molecule is CN(CCCN1C(=O)NC(C)(C)C1=O)c1ccc(F)c(F)c1. The van der Waals surface area contributed by atoms with Crippen LogP contribution in [0.25, 0.3) is 0 Å². The van der Waals surface area contributed by atoms with Gasteiger partial charge in [-0.15, -0.1) is 0 Å². The topological polar surface area (TPSA) is 52.6 Å². The number of hydrogen-bond acceptors (Lipinski definition) is 3. The second-order valence-corrected chi connectivity index (χ2v) is 5.89. The maximum absolute atomic E-state index is 13.2. The van der Waals surface area contributed by atoms with Crippen molar-refractivity contribution in [3.63, 3.8) is 0 Å². The molecule has 1 aromatic carbocycles. The minimum absolute atomic E-state index is 0.257. The third-order valence-corrected chi connectivity index (χ3v) is 3.66. The number of imide groups is 1. The number of carbonyl (C=O) groups is 2. The molecule has 0 saturated carbocycles. The van der Waals surface area contributed by atoms with Crippen LogP contribution in [0.2, 0.25) is 0 Å². The van der Waals surface area contributed by atoms with E-state index in [0.29, 0.717) is 18.7 Å². The Morgan fingerprint density at radius 1 is 1.23 bits per heavy atom. The van der Waals surface area contributed by atoms with Crippen LogP contribution in [0.1, 0.15) is 20.3 Å². The van der Waals surface area contributed by atoms with E-state index in [1.807, 2.05) is 0 Å². The van der Waals surface area contributed by atoms with Crippen molar-refractivity contribution in [3.8, 4) is 0 Å². The van der Waals surface area contributed by atoms with Crippen molar-refractivity contribution in [1.29, 1.82) is 0 Å². The Hall–Kier alpha value is -2.18. The van der Waals surface area contributed by atoms with Gasteiger partial charge in [0.05, 0.1) is 0 Å². The predicted octanol–water partition coefficient (Wildman–Crippen LogP) is 2.12. The second kappa shape index (κ2) is 5.90. The fraction of sp³-hybridized carbons (Fsp3) is 0.467. The summed E-state index contributed by atoms with van der Waals surface area (Å²) in [6, 6.07) is 3.27. The first-order valence-electron chi connectivity index (χ1n) is 7.02. The number of urea groups is 1. The molecule has 0 radical (unpaired) electrons. The summed E-state index contributed by atoms with van der Waals surface area (Å²) in [5.41, 5.74) is -0.334. The summed E-state index contributed by atoms with van der Waals surface area (Å²) in [6.45, 7) is 4.09. The zero-order chi connectivity index (χ0) is 16.5. The van der Waals surface area contributed by atoms with Crippen LogP contribution in [0.5, 0.6) is 0 Å². The van der Waals surface area contributed by atoms with Gasteiger partial charge in [-0.25, -0.2) is 13.6 Å². The van der Waals surface area contributed by atoms with E-state index in [0.717, 1.165) is 12.1 Å². The molecule has 120 valence electrons. The molecule has 22 heavy (non-hydrogen) atoms. The van der Waals surface area contributed by atoms with Crippen LogP contribution < -0.4 is 10.2 Å². The standard InChI is InChI=1S/C15H19F2N3O2/c1-15(2)13(21)20(14(22)18-15)8-4-7-19(3)10-5-6-11(16)12(17)9-10/h5-6,9H,4,7-8H2,1-3H3,(H,18,22). The highest BCUT2D eigenvalue weighted by atomic mass is 19.2. The third kappa shape index (κ3) is 3.18. The molecule has 2 rings (SSSR count). The third-order valence-electron chi connectivity index (χ3n) is 3.66. The van der Waals surface area contributed by atoms with Gasteiger partial charge in [0.25, 0.3) is 5.91 Å². The number of nitrogens with zero attached hydrogens (tertiary/aromatic N) is 2. The first kappa shape index (κ1) is 16.2. The maximum Gasteiger partial charge on any atom is 0.325 e. The molecule has 0 unspecified atom stereocenters. The lowest BCUT2D eigenvalue weighted by Gasteiger charge is -2.21. The highest BCUT2D eigenvalue weighted by Crippen LogP contribution is 2.19. The Balaban J connectivity index is 1.89. The lowest BCUT2D eigenvalue weighted by molar-refractivity contribution is -0.130. The first-order chi connectivity index (χ1) is 10.2. The van der Waals surface area contributed by atoms with Crippen molar-refractivity contribution in [2.45, 2.75) is 25.8 Å². The van der Waals surface area contributed by atoms with E-state index in [2.05, 4.69) is 5.32 Å². The van der Waals surface area contributed by atoms with Crippen LogP contribution in [-0.4, -0.2) is 42.5 Å². The Morgan fingerprint density at radius 2 is 1.91 bits per heavy atom. The minimum Gasteiger partial charge on any atom is -0.374 e. The lowest BCUT2D eigenvalue weighted by atomic mass is 10.1. The molecule has 0 spiro atoms. The van der Waals surface area contributed by atoms with E-state index in [1.54, 1.807) is 25.8 Å². The van der Waals surface area contributed by atoms with E-state index < -0.39 is 23.2 Å². The molecule has 1 N–H and O–H groups in total. The largest absolute Gasteiger partial charge is 0.374 e. The molecule has 0 aromatic heterocycles. The Kier molecular flexibility index (Phi) is 4.35. The van der Waals surface area contributed by atoms with Crippen LogP contribution in [0.3, 0.4) is 0 Å². The first-order valence-corrected chi connectivity index (χ1v) is 7.02. The molecule has 1 fully saturated rings. The van der Waals surface area contributed by atoms with Crippen molar-refractivity contribution in [3.05, 3.63) is 29.8 Å². The Morgan fingerprint density at radius 3 is 2.45 bits per heavy atom. The zero-order valence-corrected chi connectivity index (χ0v) is 12.8. The molecule has 1 aromatic rings. The summed E-state index contributed by atoms with van der Waals surface area (Å²) >= 11 is 0. The number of hydrogen-bond donors (Lipinski definition) is 1. The van der Waals surface area contributed by atoms with Crippen LogP contribution in [-0.2, 0) is 4.79 Å². The van der Waals surface area contributed by atoms with Crippen LogP contribution >= 0.6 is 0 Å². The van der Waals surface area contributed by atoms with Gasteiger partial charge in [0, 0.05) is 31.9 Å². The van der Waals surface area contributed by atoms with Gasteiger partial charge in [0.2, 0.25) is 0 Å². The molecular formula is C15H19F2N3O2. The number of amides is 3. The Labute approximate surface area is 127 Å². The number of benzene rings is 1. The van der Waals surface area contributed by atoms with E-state index >= 15 is 0 Å². The van der Waals surface area contributed by atoms with E-state index in [-0.39, 0.29) is 12.5 Å². The minimum atomic E-state index is -0.903. The van der Waals surface area contributed by atoms with Crippen molar-refractivity contribution in [2.24, 2.45) is 0 Å². The van der Waals surface area contributed by atoms with Gasteiger partial charge < -0.3 is 10.2 Å². The number of rotatable bonds is 5. The summed E-state index contributed by atoms with van der Waals surface area (Å²) in [5, 5.41) is 2.61. The normalized spacial score (nSPS) is 16.9. The summed E-state index contributed by atoms with van der Waals surface area (Å²) in [5.74, 6) is -2.05. The highest BCUT2D eigenvalue weighted by Gasteiger charge is 2.43. The van der Waals surface area contributed by atoms with E-state index in [9.17, 15) is 18.4 Å². The molecule has 5 nitrogen and oxygen atoms in total. The number of carbonyl (C=O) groups excluding carboxylic acids is 2. The van der Waals surface area contributed by atoms with Gasteiger partial charge >= 0.3 is 6.03 Å². The predicted molar refractivity (Wildman–Crippen MR) is 78.6 cm³/mol. The molecule has 0 bridgehead atoms. The zero-order valence-electron chi connectivity index (χ0n) is 12.8. The lowest BCUT2D eigenvalue weighted by Crippen LogP contribution is -2.40. The average molecular weight is 311 g/mol. The summed E-state index contributed by atoms with van der Waals surface area (Å²) in [7, 11) is 1.74. The van der Waals surface area contributed by atoms with E-state index in [4.69, 9.17) is 0 Å². The summed E-state index contributed by atoms with van der Waals surface area (Å²) in [6.07, 6.45) is 0.532. The quantitative estimate of drug-likeness (QED) is 0.848. The molecule has 0 atom stereocenters. The second-order valence-electron chi connectivity index (χ2n) is 5.89. The van der Waals surface area contributed by atoms with Crippen LogP contribution in [0.4, 0.5) is 19.3 Å². The fourth-order valence-corrected chi connectivity index (χ4v) is 2.34. The summed E-state index contributed by atoms with van der Waals surface area (Å²) < 4.78 is 26.1. The number of nitrogens with one attached hydrogen (secondary N) is 1. The van der Waals surface area contributed by atoms with Gasteiger partial charge in [-0.1, -0.05) is 0 Å². The van der Waals surface area contributed by atoms with Crippen LogP contribution in [0, 0.1) is 11.6 Å². The monoisotopic (exact) mass is 311 g/mol. The van der Waals surface area contributed by atoms with Gasteiger partial charge in [-0.05, 0) is 32.4 Å². The smallest absolute Gasteiger partial charge is 0.325 e. The molecular weight excluding hydrogens is 292 g/mol. The molecule has 7 heteroatoms. The molecule has 0 aliphatic carbocycles. The molecule has 1 saturated heterocycles. The number of halogens is 2. The Bertz CT molecular complexity index is 604. The van der Waals surface area contributed by atoms with Crippen molar-refractivity contribution in [2.75, 3.05) is 25.0 Å². The molecule has 1 heterocycles. The highest BCUT2D eigenvalue weighted by molar-refractivity contribution is 6.06. The van der Waals surface area contributed by atoms with Crippen molar-refractivity contribution >= 4 is 17.6 Å². The molecule has 3 amide bonds. The van der Waals surface area contributed by atoms with Crippen LogP contribution in [0.15, 0.2) is 18.2 Å². The number of anilines is 1. The van der Waals surface area contributed by atoms with Gasteiger partial charge in [0.1, 0.15) is 5.54 Å². The average Bonchev–Trinajstić information content (AvgIpc) is 2.63. The van der Waals surface area contributed by atoms with Gasteiger partial charge in [-0.3, -0.25) is 9.69 Å². The van der Waals surface area contributed by atoms with Crippen molar-refractivity contribution < 1.29 is 18.4 Å². The van der Waals surface area contributed by atoms with E-state index in [1.165, 1.54) is 11.0 Å². The van der Waals surface area contributed by atoms with Gasteiger partial charge in [0.15, 0.2) is 11.6 Å².